The van der Waals surface area contributed by atoms with Gasteiger partial charge in [0, 0.05) is 6.54 Å². The van der Waals surface area contributed by atoms with Gasteiger partial charge in [0.05, 0.1) is 6.67 Å². The predicted molar refractivity (Wildman–Crippen MR) is 80.3 cm³/mol. The van der Waals surface area contributed by atoms with Gasteiger partial charge in [0.25, 0.3) is 10.1 Å². The second-order valence-electron chi connectivity index (χ2n) is 4.91. The first-order valence-corrected chi connectivity index (χ1v) is 8.70. The van der Waals surface area contributed by atoms with Crippen molar-refractivity contribution in [3.05, 3.63) is 12.7 Å². The summed E-state index contributed by atoms with van der Waals surface area (Å²) in [5.74, 6) is -1.85. The average molecular weight is 405 g/mol. The van der Waals surface area contributed by atoms with E-state index < -0.39 is 72.4 Å². The predicted octanol–water partition coefficient (Wildman–Crippen LogP) is 2.78. The van der Waals surface area contributed by atoms with Crippen molar-refractivity contribution in [2.24, 2.45) is 5.73 Å². The van der Waals surface area contributed by atoms with Gasteiger partial charge >= 0.3 is 0 Å². The Morgan fingerprint density at radius 3 is 1.68 bits per heavy atom. The summed E-state index contributed by atoms with van der Waals surface area (Å²) >= 11 is 0. The number of alkyl halides is 7. The minimum Gasteiger partial charge on any atom is -0.327 e. The van der Waals surface area contributed by atoms with E-state index >= 15 is 0 Å². The second kappa shape index (κ2) is 13.3. The van der Waals surface area contributed by atoms with Crippen LogP contribution in [0.15, 0.2) is 12.7 Å². The number of hydrogen-bond acceptors (Lipinski definition) is 3. The molecule has 0 aromatic heterocycles. The largest absolute Gasteiger partial charge is 0.327 e. The Hall–Kier alpha value is -0.880. The third-order valence-corrected chi connectivity index (χ3v) is 3.49. The maximum atomic E-state index is 13.2. The maximum Gasteiger partial charge on any atom is 0.267 e. The molecule has 0 heterocycles. The molecule has 0 radical (unpaired) electrons. The van der Waals surface area contributed by atoms with Gasteiger partial charge in [-0.05, 0) is 12.8 Å². The smallest absolute Gasteiger partial charge is 0.267 e. The van der Waals surface area contributed by atoms with Crippen LogP contribution in [0.4, 0.5) is 30.7 Å². The third kappa shape index (κ3) is 12.2. The van der Waals surface area contributed by atoms with Crippen LogP contribution < -0.4 is 5.73 Å². The quantitative estimate of drug-likeness (QED) is 0.315. The number of hydrogen-bond donors (Lipinski definition) is 2. The molecule has 0 saturated carbocycles. The summed E-state index contributed by atoms with van der Waals surface area (Å²) in [6.45, 7) is 2.92. The van der Waals surface area contributed by atoms with E-state index in [2.05, 4.69) is 6.58 Å². The fraction of sp³-hybridized carbons (Fsp3) is 0.846. The van der Waals surface area contributed by atoms with Crippen LogP contribution in [0, 0.1) is 0 Å². The fourth-order valence-corrected chi connectivity index (χ4v) is 2.06. The molecule has 6 unspecified atom stereocenters. The summed E-state index contributed by atoms with van der Waals surface area (Å²) in [5, 5.41) is 0. The normalized spacial score (nSPS) is 18.9. The van der Waals surface area contributed by atoms with Crippen molar-refractivity contribution in [3.63, 3.8) is 0 Å². The summed E-state index contributed by atoms with van der Waals surface area (Å²) < 4.78 is 119. The van der Waals surface area contributed by atoms with Gasteiger partial charge in [-0.15, -0.1) is 6.58 Å². The Balaban J connectivity index is 0. The van der Waals surface area contributed by atoms with E-state index in [-0.39, 0.29) is 0 Å². The van der Waals surface area contributed by atoms with E-state index in [1.807, 2.05) is 0 Å². The molecule has 0 spiro atoms. The molecule has 12 heteroatoms. The molecule has 0 aromatic rings. The molecule has 25 heavy (non-hydrogen) atoms. The van der Waals surface area contributed by atoms with Crippen LogP contribution in [0.3, 0.4) is 0 Å². The van der Waals surface area contributed by atoms with Crippen molar-refractivity contribution >= 4 is 10.1 Å². The first-order valence-electron chi connectivity index (χ1n) is 7.09. The molecular weight excluding hydrogens is 383 g/mol. The number of nitrogens with two attached hydrogens (primary N) is 1. The van der Waals surface area contributed by atoms with Gasteiger partial charge in [-0.1, -0.05) is 6.08 Å². The zero-order chi connectivity index (χ0) is 20.2. The summed E-state index contributed by atoms with van der Waals surface area (Å²) in [5.41, 5.74) is 4.91. The lowest BCUT2D eigenvalue weighted by Crippen LogP contribution is -2.44. The van der Waals surface area contributed by atoms with E-state index in [9.17, 15) is 39.2 Å². The van der Waals surface area contributed by atoms with Crippen LogP contribution in [-0.2, 0) is 10.1 Å². The summed E-state index contributed by atoms with van der Waals surface area (Å²) in [6, 6.07) is 0. The lowest BCUT2D eigenvalue weighted by Gasteiger charge is -2.23. The van der Waals surface area contributed by atoms with Crippen LogP contribution in [0.2, 0.25) is 0 Å². The molecule has 0 aliphatic heterocycles. The lowest BCUT2D eigenvalue weighted by molar-refractivity contribution is -0.0184. The standard InChI is InChI=1S/C10H15F7O3S.C3H7N/c11-3-1-2-5(12)7(14)9(16)10(17)8(15)6(13)4-21(18,19)20;1-2-3-4/h5-10H,1-4H2,(H,18,19,20);2H,1,3-4H2. The second-order valence-corrected chi connectivity index (χ2v) is 6.41. The molecule has 0 aliphatic rings. The Kier molecular flexibility index (Phi) is 14.1. The van der Waals surface area contributed by atoms with Crippen molar-refractivity contribution < 1.29 is 43.7 Å². The van der Waals surface area contributed by atoms with E-state index in [1.165, 1.54) is 0 Å². The lowest BCUT2D eigenvalue weighted by atomic mass is 10.00. The number of halogens is 7. The van der Waals surface area contributed by atoms with E-state index in [0.717, 1.165) is 0 Å². The fourth-order valence-electron chi connectivity index (χ4n) is 1.47. The minimum absolute atomic E-state index is 0.460. The van der Waals surface area contributed by atoms with E-state index in [0.29, 0.717) is 6.54 Å². The molecule has 0 rings (SSSR count). The monoisotopic (exact) mass is 405 g/mol. The van der Waals surface area contributed by atoms with Crippen molar-refractivity contribution in [2.45, 2.75) is 49.9 Å². The molecule has 6 atom stereocenters. The molecular formula is C13H22F7NO3S. The van der Waals surface area contributed by atoms with Crippen molar-refractivity contribution in [3.8, 4) is 0 Å². The molecule has 152 valence electrons. The van der Waals surface area contributed by atoms with Gasteiger partial charge in [-0.3, -0.25) is 8.94 Å². The Labute approximate surface area is 142 Å². The van der Waals surface area contributed by atoms with Gasteiger partial charge < -0.3 is 5.73 Å². The summed E-state index contributed by atoms with van der Waals surface area (Å²) in [4.78, 5) is 0. The van der Waals surface area contributed by atoms with Gasteiger partial charge in [0.2, 0.25) is 0 Å². The van der Waals surface area contributed by atoms with Gasteiger partial charge in [-0.2, -0.15) is 8.42 Å². The van der Waals surface area contributed by atoms with Gasteiger partial charge in [-0.25, -0.2) is 26.3 Å². The first kappa shape index (κ1) is 26.4. The van der Waals surface area contributed by atoms with Crippen LogP contribution in [0.25, 0.3) is 0 Å². The first-order chi connectivity index (χ1) is 11.4. The van der Waals surface area contributed by atoms with Crippen molar-refractivity contribution in [1.29, 1.82) is 0 Å². The molecule has 0 amide bonds. The molecule has 0 bridgehead atoms. The molecule has 0 saturated heterocycles. The summed E-state index contributed by atoms with van der Waals surface area (Å²) in [7, 11) is -4.99. The Bertz CT molecular complexity index is 455. The van der Waals surface area contributed by atoms with Gasteiger partial charge in [0.1, 0.15) is 11.9 Å². The SMILES string of the molecule is C=CCN.O=S(=O)(O)CC(F)C(F)C(F)C(F)C(F)C(F)CCCF. The highest BCUT2D eigenvalue weighted by molar-refractivity contribution is 7.85. The molecule has 4 nitrogen and oxygen atoms in total. The van der Waals surface area contributed by atoms with Crippen LogP contribution in [0.1, 0.15) is 12.8 Å². The van der Waals surface area contributed by atoms with E-state index in [1.54, 1.807) is 6.08 Å². The molecule has 0 aliphatic carbocycles. The average Bonchev–Trinajstić information content (AvgIpc) is 2.55. The maximum absolute atomic E-state index is 13.2. The zero-order valence-corrected chi connectivity index (χ0v) is 14.0. The third-order valence-electron chi connectivity index (χ3n) is 2.75. The van der Waals surface area contributed by atoms with Crippen LogP contribution >= 0.6 is 0 Å². The summed E-state index contributed by atoms with van der Waals surface area (Å²) in [6.07, 6.45) is -18.8. The Morgan fingerprint density at radius 1 is 0.960 bits per heavy atom. The highest BCUT2D eigenvalue weighted by Crippen LogP contribution is 2.26. The minimum atomic E-state index is -4.99. The van der Waals surface area contributed by atoms with Crippen molar-refractivity contribution in [1.82, 2.24) is 0 Å². The zero-order valence-electron chi connectivity index (χ0n) is 13.2. The van der Waals surface area contributed by atoms with Crippen molar-refractivity contribution in [2.75, 3.05) is 19.0 Å². The highest BCUT2D eigenvalue weighted by Gasteiger charge is 2.44. The highest BCUT2D eigenvalue weighted by atomic mass is 32.2. The topological polar surface area (TPSA) is 80.4 Å². The number of rotatable bonds is 11. The molecule has 0 fully saturated rings. The Morgan fingerprint density at radius 2 is 1.36 bits per heavy atom. The van der Waals surface area contributed by atoms with Gasteiger partial charge in [0.15, 0.2) is 30.9 Å². The van der Waals surface area contributed by atoms with Crippen LogP contribution in [-0.4, -0.2) is 69.0 Å². The molecule has 3 N–H and O–H groups in total. The molecule has 0 aromatic carbocycles. The van der Waals surface area contributed by atoms with Crippen LogP contribution in [0.5, 0.6) is 0 Å². The van der Waals surface area contributed by atoms with E-state index in [4.69, 9.17) is 10.3 Å².